The Balaban J connectivity index is 2.04. The summed E-state index contributed by atoms with van der Waals surface area (Å²) in [5.74, 6) is 0.872. The largest absolute Gasteiger partial charge is 0.497 e. The van der Waals surface area contributed by atoms with Crippen molar-refractivity contribution < 1.29 is 9.84 Å². The maximum atomic E-state index is 10.1. The van der Waals surface area contributed by atoms with Gasteiger partial charge in [0.25, 0.3) is 0 Å². The molecule has 21 heavy (non-hydrogen) atoms. The Morgan fingerprint density at radius 3 is 2.05 bits per heavy atom. The molecule has 1 atom stereocenters. The van der Waals surface area contributed by atoms with Gasteiger partial charge in [-0.15, -0.1) is 0 Å². The van der Waals surface area contributed by atoms with E-state index in [1.54, 1.807) is 7.11 Å². The molecule has 1 aromatic rings. The van der Waals surface area contributed by atoms with Crippen LogP contribution in [0.3, 0.4) is 0 Å². The molecule has 2 nitrogen and oxygen atoms in total. The van der Waals surface area contributed by atoms with E-state index in [9.17, 15) is 5.11 Å². The van der Waals surface area contributed by atoms with E-state index < -0.39 is 0 Å². The van der Waals surface area contributed by atoms with Gasteiger partial charge in [0.1, 0.15) is 5.75 Å². The summed E-state index contributed by atoms with van der Waals surface area (Å²) in [4.78, 5) is 0. The molecule has 0 saturated carbocycles. The minimum absolute atomic E-state index is 0.210. The zero-order chi connectivity index (χ0) is 15.3. The quantitative estimate of drug-likeness (QED) is 0.541. The van der Waals surface area contributed by atoms with E-state index in [1.165, 1.54) is 50.5 Å². The van der Waals surface area contributed by atoms with Crippen LogP contribution < -0.4 is 4.74 Å². The second kappa shape index (κ2) is 11.6. The number of ether oxygens (including phenoxy) is 1. The molecule has 0 aromatic heterocycles. The van der Waals surface area contributed by atoms with Gasteiger partial charge in [-0.2, -0.15) is 0 Å². The number of rotatable bonds is 12. The number of methoxy groups -OCH3 is 1. The lowest BCUT2D eigenvalue weighted by atomic mass is 10.0. The predicted molar refractivity (Wildman–Crippen MR) is 89.9 cm³/mol. The topological polar surface area (TPSA) is 29.5 Å². The van der Waals surface area contributed by atoms with Gasteiger partial charge in [0, 0.05) is 0 Å². The lowest BCUT2D eigenvalue weighted by Gasteiger charge is -2.11. The lowest BCUT2D eigenvalue weighted by molar-refractivity contribution is 0.161. The third-order valence-electron chi connectivity index (χ3n) is 4.02. The minimum Gasteiger partial charge on any atom is -0.497 e. The molecule has 0 saturated heterocycles. The second-order valence-electron chi connectivity index (χ2n) is 5.97. The van der Waals surface area contributed by atoms with Crippen molar-refractivity contribution >= 4 is 0 Å². The van der Waals surface area contributed by atoms with E-state index in [1.807, 2.05) is 24.3 Å². The highest BCUT2D eigenvalue weighted by atomic mass is 16.5. The molecule has 0 aliphatic heterocycles. The first-order valence-corrected chi connectivity index (χ1v) is 8.57. The molecular formula is C19H32O2. The third-order valence-corrected chi connectivity index (χ3v) is 4.02. The van der Waals surface area contributed by atoms with E-state index in [4.69, 9.17) is 4.74 Å². The summed E-state index contributed by atoms with van der Waals surface area (Å²) in [6.07, 6.45) is 12.0. The molecule has 1 aromatic carbocycles. The van der Waals surface area contributed by atoms with Crippen LogP contribution in [0, 0.1) is 0 Å². The summed E-state index contributed by atoms with van der Waals surface area (Å²) in [6, 6.07) is 7.99. The van der Waals surface area contributed by atoms with Crippen LogP contribution in [0.1, 0.15) is 70.3 Å². The molecule has 0 aliphatic carbocycles. The molecule has 0 aliphatic rings. The number of unbranched alkanes of at least 4 members (excludes halogenated alkanes) is 7. The van der Waals surface area contributed by atoms with Crippen LogP contribution in [-0.2, 0) is 6.42 Å². The Labute approximate surface area is 130 Å². The van der Waals surface area contributed by atoms with Gasteiger partial charge in [-0.05, 0) is 30.5 Å². The summed E-state index contributed by atoms with van der Waals surface area (Å²) in [5.41, 5.74) is 1.18. The standard InChI is InChI=1S/C19H32O2/c1-3-4-5-6-7-8-9-10-11-18(20)16-17-12-14-19(21-2)15-13-17/h12-15,18,20H,3-11,16H2,1-2H3. The molecule has 2 heteroatoms. The van der Waals surface area contributed by atoms with E-state index in [-0.39, 0.29) is 6.10 Å². The fourth-order valence-electron chi connectivity index (χ4n) is 2.65. The molecular weight excluding hydrogens is 260 g/mol. The Morgan fingerprint density at radius 2 is 1.48 bits per heavy atom. The fourth-order valence-corrected chi connectivity index (χ4v) is 2.65. The Morgan fingerprint density at radius 1 is 0.905 bits per heavy atom. The van der Waals surface area contributed by atoms with Crippen LogP contribution in [0.5, 0.6) is 5.75 Å². The van der Waals surface area contributed by atoms with Crippen molar-refractivity contribution in [3.63, 3.8) is 0 Å². The Hall–Kier alpha value is -1.02. The van der Waals surface area contributed by atoms with Gasteiger partial charge < -0.3 is 9.84 Å². The second-order valence-corrected chi connectivity index (χ2v) is 5.97. The van der Waals surface area contributed by atoms with Crippen molar-refractivity contribution in [3.05, 3.63) is 29.8 Å². The summed E-state index contributed by atoms with van der Waals surface area (Å²) >= 11 is 0. The summed E-state index contributed by atoms with van der Waals surface area (Å²) in [7, 11) is 1.67. The van der Waals surface area contributed by atoms with Crippen molar-refractivity contribution in [2.75, 3.05) is 7.11 Å². The predicted octanol–water partition coefficient (Wildman–Crippen LogP) is 5.13. The maximum absolute atomic E-state index is 10.1. The smallest absolute Gasteiger partial charge is 0.118 e. The SMILES string of the molecule is CCCCCCCCCCC(O)Cc1ccc(OC)cc1. The van der Waals surface area contributed by atoms with Crippen molar-refractivity contribution in [2.24, 2.45) is 0 Å². The van der Waals surface area contributed by atoms with E-state index in [0.717, 1.165) is 25.0 Å². The van der Waals surface area contributed by atoms with Gasteiger partial charge in [-0.1, -0.05) is 70.4 Å². The molecule has 0 radical (unpaired) electrons. The molecule has 0 spiro atoms. The first-order valence-electron chi connectivity index (χ1n) is 8.57. The minimum atomic E-state index is -0.210. The number of aliphatic hydroxyl groups excluding tert-OH is 1. The molecule has 0 heterocycles. The highest BCUT2D eigenvalue weighted by molar-refractivity contribution is 5.27. The van der Waals surface area contributed by atoms with E-state index in [0.29, 0.717) is 0 Å². The van der Waals surface area contributed by atoms with Gasteiger partial charge in [0.15, 0.2) is 0 Å². The van der Waals surface area contributed by atoms with Crippen LogP contribution in [-0.4, -0.2) is 18.3 Å². The molecule has 120 valence electrons. The molecule has 0 bridgehead atoms. The maximum Gasteiger partial charge on any atom is 0.118 e. The van der Waals surface area contributed by atoms with Gasteiger partial charge in [0.2, 0.25) is 0 Å². The van der Waals surface area contributed by atoms with Gasteiger partial charge in [-0.25, -0.2) is 0 Å². The fraction of sp³-hybridized carbons (Fsp3) is 0.684. The Bertz CT molecular complexity index is 345. The first-order chi connectivity index (χ1) is 10.3. The van der Waals surface area contributed by atoms with Crippen molar-refractivity contribution in [2.45, 2.75) is 77.2 Å². The van der Waals surface area contributed by atoms with Crippen molar-refractivity contribution in [1.82, 2.24) is 0 Å². The summed E-state index contributed by atoms with van der Waals surface area (Å²) in [5, 5.41) is 10.1. The van der Waals surface area contributed by atoms with Crippen LogP contribution in [0.4, 0.5) is 0 Å². The molecule has 1 unspecified atom stereocenters. The number of hydrogen-bond donors (Lipinski definition) is 1. The normalized spacial score (nSPS) is 12.3. The zero-order valence-corrected chi connectivity index (χ0v) is 13.8. The summed E-state index contributed by atoms with van der Waals surface area (Å²) < 4.78 is 5.14. The van der Waals surface area contributed by atoms with Crippen LogP contribution in [0.25, 0.3) is 0 Å². The number of aliphatic hydroxyl groups is 1. The van der Waals surface area contributed by atoms with Crippen LogP contribution in [0.2, 0.25) is 0 Å². The third kappa shape index (κ3) is 8.77. The first kappa shape index (κ1) is 18.0. The Kier molecular flexibility index (Phi) is 9.98. The van der Waals surface area contributed by atoms with Crippen molar-refractivity contribution in [1.29, 1.82) is 0 Å². The van der Waals surface area contributed by atoms with Gasteiger partial charge in [0.05, 0.1) is 13.2 Å². The van der Waals surface area contributed by atoms with E-state index in [2.05, 4.69) is 6.92 Å². The van der Waals surface area contributed by atoms with Crippen molar-refractivity contribution in [3.8, 4) is 5.75 Å². The highest BCUT2D eigenvalue weighted by Crippen LogP contribution is 2.15. The monoisotopic (exact) mass is 292 g/mol. The van der Waals surface area contributed by atoms with E-state index >= 15 is 0 Å². The van der Waals surface area contributed by atoms with Crippen LogP contribution in [0.15, 0.2) is 24.3 Å². The highest BCUT2D eigenvalue weighted by Gasteiger charge is 2.05. The zero-order valence-electron chi connectivity index (χ0n) is 13.8. The molecule has 0 amide bonds. The average molecular weight is 292 g/mol. The van der Waals surface area contributed by atoms with Crippen LogP contribution >= 0.6 is 0 Å². The number of hydrogen-bond acceptors (Lipinski definition) is 2. The molecule has 1 N–H and O–H groups in total. The lowest BCUT2D eigenvalue weighted by Crippen LogP contribution is -2.10. The summed E-state index contributed by atoms with van der Waals surface area (Å²) in [6.45, 7) is 2.25. The van der Waals surface area contributed by atoms with Gasteiger partial charge >= 0.3 is 0 Å². The molecule has 0 fully saturated rings. The number of benzene rings is 1. The van der Waals surface area contributed by atoms with Gasteiger partial charge in [-0.3, -0.25) is 0 Å². The molecule has 1 rings (SSSR count). The average Bonchev–Trinajstić information content (AvgIpc) is 2.50.